The number of aliphatic hydroxyl groups excluding tert-OH is 2. The second kappa shape index (κ2) is 10.9. The molecule has 1 aromatic carbocycles. The smallest absolute Gasteiger partial charge is 0.302 e. The highest BCUT2D eigenvalue weighted by Crippen LogP contribution is 2.43. The van der Waals surface area contributed by atoms with Gasteiger partial charge in [0.1, 0.15) is 60.9 Å². The average Bonchev–Trinajstić information content (AvgIpc) is 3.36. The highest BCUT2D eigenvalue weighted by Gasteiger charge is 2.57. The Morgan fingerprint density at radius 3 is 2.00 bits per heavy atom. The fourth-order valence-corrected chi connectivity index (χ4v) is 6.31. The third kappa shape index (κ3) is 6.04. The summed E-state index contributed by atoms with van der Waals surface area (Å²) in [6.07, 6.45) is -7.23. The van der Waals surface area contributed by atoms with E-state index in [0.29, 0.717) is 0 Å². The number of ether oxygens (including phenoxy) is 8. The van der Waals surface area contributed by atoms with Crippen molar-refractivity contribution in [3.05, 3.63) is 30.3 Å². The Balaban J connectivity index is 1.30. The van der Waals surface area contributed by atoms with Crippen molar-refractivity contribution in [1.82, 2.24) is 0 Å². The monoisotopic (exact) mass is 556 g/mol. The molecule has 4 aliphatic rings. The van der Waals surface area contributed by atoms with E-state index in [0.717, 1.165) is 4.90 Å². The topological polar surface area (TPSA) is 131 Å². The zero-order valence-corrected chi connectivity index (χ0v) is 22.9. The number of esters is 1. The van der Waals surface area contributed by atoms with Crippen LogP contribution in [0.1, 0.15) is 34.6 Å². The summed E-state index contributed by atoms with van der Waals surface area (Å²) in [5.41, 5.74) is -0.643. The quantitative estimate of drug-likeness (QED) is 0.473. The van der Waals surface area contributed by atoms with E-state index in [9.17, 15) is 15.0 Å². The van der Waals surface area contributed by atoms with Gasteiger partial charge in [-0.3, -0.25) is 4.79 Å². The van der Waals surface area contributed by atoms with Gasteiger partial charge in [0, 0.05) is 11.8 Å². The van der Waals surface area contributed by atoms with Crippen LogP contribution in [0.4, 0.5) is 0 Å². The van der Waals surface area contributed by atoms with Crippen molar-refractivity contribution in [3.8, 4) is 0 Å². The Morgan fingerprint density at radius 2 is 1.39 bits per heavy atom. The van der Waals surface area contributed by atoms with Crippen LogP contribution in [0.3, 0.4) is 0 Å². The molecule has 4 fully saturated rings. The van der Waals surface area contributed by atoms with Gasteiger partial charge in [-0.15, -0.1) is 0 Å². The van der Waals surface area contributed by atoms with Crippen LogP contribution in [0.2, 0.25) is 0 Å². The molecule has 4 aliphatic heterocycles. The number of carbonyl (C=O) groups is 1. The maximum absolute atomic E-state index is 11.4. The van der Waals surface area contributed by atoms with Crippen molar-refractivity contribution in [1.29, 1.82) is 0 Å². The third-order valence-corrected chi connectivity index (χ3v) is 7.95. The zero-order valence-electron chi connectivity index (χ0n) is 22.1. The standard InChI is InChI=1S/C26H36O11S/c1-13(27)30-11-15-19-21(36-25(2,3)34-19)17(28)23(32-15)31-12-16-20-22(37-26(4,5)35-20)18(29)24(33-16)38-14-9-7-6-8-10-14/h6-10,15-24,28-29H,11-12H2,1-5H3/t15-,16-,17-,18-,19+,20+,21-,22-,23+,24+/m1/s1. The fourth-order valence-electron chi connectivity index (χ4n) is 5.23. The second-order valence-corrected chi connectivity index (χ2v) is 11.9. The van der Waals surface area contributed by atoms with E-state index >= 15 is 0 Å². The predicted molar refractivity (Wildman–Crippen MR) is 132 cm³/mol. The van der Waals surface area contributed by atoms with Gasteiger partial charge in [-0.1, -0.05) is 30.0 Å². The molecule has 1 aromatic rings. The van der Waals surface area contributed by atoms with Gasteiger partial charge in [-0.2, -0.15) is 0 Å². The lowest BCUT2D eigenvalue weighted by Crippen LogP contribution is -2.60. The second-order valence-electron chi connectivity index (χ2n) is 10.8. The molecule has 212 valence electrons. The summed E-state index contributed by atoms with van der Waals surface area (Å²) in [4.78, 5) is 12.4. The van der Waals surface area contributed by atoms with Gasteiger partial charge in [-0.05, 0) is 39.8 Å². The Morgan fingerprint density at radius 1 is 0.842 bits per heavy atom. The van der Waals surface area contributed by atoms with Crippen LogP contribution in [0.15, 0.2) is 35.2 Å². The van der Waals surface area contributed by atoms with Gasteiger partial charge in [0.15, 0.2) is 17.9 Å². The van der Waals surface area contributed by atoms with Crippen LogP contribution in [0, 0.1) is 0 Å². The lowest BCUT2D eigenvalue weighted by Gasteiger charge is -2.42. The molecule has 11 nitrogen and oxygen atoms in total. The van der Waals surface area contributed by atoms with Crippen LogP contribution >= 0.6 is 11.8 Å². The molecule has 0 saturated carbocycles. The van der Waals surface area contributed by atoms with Gasteiger partial charge in [0.25, 0.3) is 0 Å². The minimum absolute atomic E-state index is 0.0250. The van der Waals surface area contributed by atoms with Gasteiger partial charge in [0.05, 0.1) is 6.61 Å². The molecule has 4 heterocycles. The van der Waals surface area contributed by atoms with Gasteiger partial charge >= 0.3 is 5.97 Å². The number of hydrogen-bond acceptors (Lipinski definition) is 12. The van der Waals surface area contributed by atoms with E-state index in [1.54, 1.807) is 27.7 Å². The van der Waals surface area contributed by atoms with Crippen molar-refractivity contribution in [3.63, 3.8) is 0 Å². The van der Waals surface area contributed by atoms with E-state index in [1.807, 2.05) is 30.3 Å². The molecule has 38 heavy (non-hydrogen) atoms. The highest BCUT2D eigenvalue weighted by molar-refractivity contribution is 7.99. The van der Waals surface area contributed by atoms with Gasteiger partial charge < -0.3 is 48.1 Å². The first kappa shape index (κ1) is 28.2. The number of aliphatic hydroxyl groups is 2. The molecule has 0 bridgehead atoms. The number of benzene rings is 1. The molecule has 10 atom stereocenters. The van der Waals surface area contributed by atoms with Crippen LogP contribution in [0.25, 0.3) is 0 Å². The Labute approximate surface area is 225 Å². The van der Waals surface area contributed by atoms with Crippen molar-refractivity contribution in [2.45, 2.75) is 112 Å². The molecule has 0 aromatic heterocycles. The summed E-state index contributed by atoms with van der Waals surface area (Å²) in [6, 6.07) is 9.62. The van der Waals surface area contributed by atoms with Crippen molar-refractivity contribution in [2.24, 2.45) is 0 Å². The highest BCUT2D eigenvalue weighted by atomic mass is 32.2. The summed E-state index contributed by atoms with van der Waals surface area (Å²) in [7, 11) is 0. The summed E-state index contributed by atoms with van der Waals surface area (Å²) >= 11 is 1.38. The molecule has 4 saturated heterocycles. The van der Waals surface area contributed by atoms with Crippen molar-refractivity contribution < 1.29 is 52.9 Å². The molecule has 5 rings (SSSR count). The molecule has 0 amide bonds. The van der Waals surface area contributed by atoms with E-state index in [2.05, 4.69) is 0 Å². The summed E-state index contributed by atoms with van der Waals surface area (Å²) in [6.45, 7) is 8.23. The van der Waals surface area contributed by atoms with E-state index in [-0.39, 0.29) is 13.2 Å². The Hall–Kier alpha value is -1.32. The van der Waals surface area contributed by atoms with Crippen LogP contribution in [0.5, 0.6) is 0 Å². The van der Waals surface area contributed by atoms with Crippen molar-refractivity contribution >= 4 is 17.7 Å². The molecule has 0 unspecified atom stereocenters. The first-order valence-electron chi connectivity index (χ1n) is 12.8. The molecule has 0 spiro atoms. The number of fused-ring (bicyclic) bond motifs is 2. The lowest BCUT2D eigenvalue weighted by atomic mass is 9.99. The van der Waals surface area contributed by atoms with E-state index in [4.69, 9.17) is 37.9 Å². The first-order chi connectivity index (χ1) is 17.9. The minimum Gasteiger partial charge on any atom is -0.463 e. The Kier molecular flexibility index (Phi) is 8.11. The number of thioether (sulfide) groups is 1. The molecular weight excluding hydrogens is 520 g/mol. The number of carbonyl (C=O) groups excluding carboxylic acids is 1. The maximum atomic E-state index is 11.4. The normalized spacial score (nSPS) is 41.3. The molecule has 2 N–H and O–H groups in total. The fraction of sp³-hybridized carbons (Fsp3) is 0.731. The van der Waals surface area contributed by atoms with Crippen LogP contribution in [-0.4, -0.2) is 102 Å². The summed E-state index contributed by atoms with van der Waals surface area (Å²) in [5, 5.41) is 22.1. The van der Waals surface area contributed by atoms with E-state index in [1.165, 1.54) is 18.7 Å². The first-order valence-corrected chi connectivity index (χ1v) is 13.7. The third-order valence-electron chi connectivity index (χ3n) is 6.78. The summed E-state index contributed by atoms with van der Waals surface area (Å²) < 4.78 is 47.5. The van der Waals surface area contributed by atoms with Gasteiger partial charge in [0.2, 0.25) is 0 Å². The van der Waals surface area contributed by atoms with E-state index < -0.39 is 78.1 Å². The van der Waals surface area contributed by atoms with Crippen LogP contribution in [-0.2, 0) is 42.7 Å². The molecule has 12 heteroatoms. The minimum atomic E-state index is -1.17. The predicted octanol–water partition coefficient (Wildman–Crippen LogP) is 1.57. The molecule has 0 radical (unpaired) electrons. The summed E-state index contributed by atoms with van der Waals surface area (Å²) in [5.74, 6) is -2.34. The Bertz CT molecular complexity index is 975. The average molecular weight is 557 g/mol. The van der Waals surface area contributed by atoms with Crippen LogP contribution < -0.4 is 0 Å². The SMILES string of the molecule is CC(=O)OC[C@H]1O[C@H](OC[C@H]2O[C@@H](Sc3ccccc3)[C@H](O)[C@H]3OC(C)(C)O[C@H]32)[C@H](O)[C@H]2OC(C)(C)O[C@H]21. The molecule has 0 aliphatic carbocycles. The zero-order chi connectivity index (χ0) is 27.2. The lowest BCUT2D eigenvalue weighted by molar-refractivity contribution is -0.294. The maximum Gasteiger partial charge on any atom is 0.302 e. The van der Waals surface area contributed by atoms with Gasteiger partial charge in [-0.25, -0.2) is 0 Å². The number of rotatable bonds is 7. The van der Waals surface area contributed by atoms with Crippen molar-refractivity contribution in [2.75, 3.05) is 13.2 Å². The number of hydrogen-bond donors (Lipinski definition) is 2. The largest absolute Gasteiger partial charge is 0.463 e. The molecular formula is C26H36O11S.